The lowest BCUT2D eigenvalue weighted by atomic mass is 10.0. The lowest BCUT2D eigenvalue weighted by Gasteiger charge is -2.18. The van der Waals surface area contributed by atoms with Crippen molar-refractivity contribution in [2.24, 2.45) is 4.99 Å². The fourth-order valence-electron chi connectivity index (χ4n) is 2.92. The average molecular weight is 513 g/mol. The molecule has 160 valence electrons. The first kappa shape index (κ1) is 24.9. The predicted octanol–water partition coefficient (Wildman–Crippen LogP) is 4.19. The molecular formula is C22H32IN3O3. The molecule has 0 aliphatic carbocycles. The van der Waals surface area contributed by atoms with Crippen LogP contribution in [0.1, 0.15) is 30.9 Å². The highest BCUT2D eigenvalue weighted by molar-refractivity contribution is 14.0. The maximum Gasteiger partial charge on any atom is 0.191 e. The number of ether oxygens (including phenoxy) is 3. The van der Waals surface area contributed by atoms with Crippen LogP contribution in [0.2, 0.25) is 0 Å². The monoisotopic (exact) mass is 513 g/mol. The van der Waals surface area contributed by atoms with Crippen molar-refractivity contribution in [1.82, 2.24) is 10.6 Å². The van der Waals surface area contributed by atoms with Gasteiger partial charge in [-0.2, -0.15) is 0 Å². The van der Waals surface area contributed by atoms with Crippen molar-refractivity contribution in [2.75, 3.05) is 34.4 Å². The van der Waals surface area contributed by atoms with Crippen molar-refractivity contribution >= 4 is 29.9 Å². The number of nitrogens with one attached hydrogen (secondary N) is 2. The normalized spacial score (nSPS) is 11.8. The molecule has 1 unspecified atom stereocenters. The third-order valence-corrected chi connectivity index (χ3v) is 4.49. The molecule has 0 amide bonds. The number of para-hydroxylation sites is 1. The summed E-state index contributed by atoms with van der Waals surface area (Å²) in [4.78, 5) is 4.70. The summed E-state index contributed by atoms with van der Waals surface area (Å²) in [5, 5.41) is 6.71. The third kappa shape index (κ3) is 7.30. The zero-order valence-corrected chi connectivity index (χ0v) is 20.2. The van der Waals surface area contributed by atoms with Crippen LogP contribution in [-0.2, 0) is 6.54 Å². The maximum absolute atomic E-state index is 5.47. The summed E-state index contributed by atoms with van der Waals surface area (Å²) >= 11 is 0. The Bertz CT molecular complexity index is 784. The summed E-state index contributed by atoms with van der Waals surface area (Å²) in [5.41, 5.74) is 2.17. The van der Waals surface area contributed by atoms with Crippen LogP contribution >= 0.6 is 24.0 Å². The first-order valence-corrected chi connectivity index (χ1v) is 9.48. The van der Waals surface area contributed by atoms with Gasteiger partial charge in [0.15, 0.2) is 5.96 Å². The van der Waals surface area contributed by atoms with Gasteiger partial charge in [0.1, 0.15) is 17.2 Å². The van der Waals surface area contributed by atoms with Crippen LogP contribution in [0.25, 0.3) is 0 Å². The Hall–Kier alpha value is -2.16. The van der Waals surface area contributed by atoms with Gasteiger partial charge < -0.3 is 24.8 Å². The van der Waals surface area contributed by atoms with E-state index in [0.29, 0.717) is 6.54 Å². The third-order valence-electron chi connectivity index (χ3n) is 4.49. The molecule has 2 N–H and O–H groups in total. The van der Waals surface area contributed by atoms with Crippen molar-refractivity contribution in [3.63, 3.8) is 0 Å². The van der Waals surface area contributed by atoms with Crippen molar-refractivity contribution < 1.29 is 14.2 Å². The molecule has 0 heterocycles. The maximum atomic E-state index is 5.47. The Morgan fingerprint density at radius 3 is 2.34 bits per heavy atom. The Morgan fingerprint density at radius 2 is 1.69 bits per heavy atom. The van der Waals surface area contributed by atoms with E-state index in [9.17, 15) is 0 Å². The molecule has 6 nitrogen and oxygen atoms in total. The first-order valence-electron chi connectivity index (χ1n) is 9.48. The van der Waals surface area contributed by atoms with Crippen molar-refractivity contribution in [3.05, 3.63) is 53.6 Å². The van der Waals surface area contributed by atoms with Crippen LogP contribution in [0, 0.1) is 0 Å². The van der Waals surface area contributed by atoms with Crippen LogP contribution in [-0.4, -0.2) is 40.4 Å². The summed E-state index contributed by atoms with van der Waals surface area (Å²) in [5.74, 6) is 3.47. The van der Waals surface area contributed by atoms with Gasteiger partial charge in [-0.1, -0.05) is 25.1 Å². The minimum Gasteiger partial charge on any atom is -0.497 e. The number of rotatable bonds is 9. The second kappa shape index (κ2) is 13.1. The number of nitrogens with zero attached hydrogens (tertiary/aromatic N) is 1. The van der Waals surface area contributed by atoms with E-state index in [1.807, 2.05) is 36.4 Å². The molecule has 0 spiro atoms. The molecule has 0 saturated carbocycles. The largest absolute Gasteiger partial charge is 0.497 e. The quantitative estimate of drug-likeness (QED) is 0.299. The van der Waals surface area contributed by atoms with E-state index < -0.39 is 0 Å². The SMILES string of the molecule is CCNC(=NCc1ccc(OC)cc1OC)NCC(C)c1ccccc1OC.I. The standard InChI is InChI=1S/C22H31N3O3.HI/c1-6-23-22(24-14-16(2)19-9-7-8-10-20(19)27-4)25-15-17-11-12-18(26-3)13-21(17)28-5;/h7-13,16H,6,14-15H2,1-5H3,(H2,23,24,25);1H. The van der Waals surface area contributed by atoms with Gasteiger partial charge in [-0.25, -0.2) is 4.99 Å². The lowest BCUT2D eigenvalue weighted by molar-refractivity contribution is 0.391. The number of guanidine groups is 1. The van der Waals surface area contributed by atoms with Crippen molar-refractivity contribution in [1.29, 1.82) is 0 Å². The highest BCUT2D eigenvalue weighted by atomic mass is 127. The highest BCUT2D eigenvalue weighted by Crippen LogP contribution is 2.26. The summed E-state index contributed by atoms with van der Waals surface area (Å²) in [6.45, 7) is 6.25. The Morgan fingerprint density at radius 1 is 0.966 bits per heavy atom. The van der Waals surface area contributed by atoms with Crippen LogP contribution < -0.4 is 24.8 Å². The highest BCUT2D eigenvalue weighted by Gasteiger charge is 2.12. The molecule has 0 saturated heterocycles. The molecular weight excluding hydrogens is 481 g/mol. The minimum atomic E-state index is 0. The zero-order valence-electron chi connectivity index (χ0n) is 17.8. The van der Waals surface area contributed by atoms with E-state index in [-0.39, 0.29) is 29.9 Å². The minimum absolute atomic E-state index is 0. The molecule has 29 heavy (non-hydrogen) atoms. The molecule has 0 aliphatic heterocycles. The van der Waals surface area contributed by atoms with Gasteiger partial charge in [0.2, 0.25) is 0 Å². The number of aliphatic imine (C=N–C) groups is 1. The Labute approximate surface area is 191 Å². The fraction of sp³-hybridized carbons (Fsp3) is 0.409. The molecule has 2 rings (SSSR count). The molecule has 0 aliphatic rings. The number of hydrogen-bond donors (Lipinski definition) is 2. The molecule has 0 radical (unpaired) electrons. The van der Waals surface area contributed by atoms with Crippen LogP contribution in [0.5, 0.6) is 17.2 Å². The second-order valence-electron chi connectivity index (χ2n) is 6.40. The van der Waals surface area contributed by atoms with Crippen LogP contribution in [0.4, 0.5) is 0 Å². The van der Waals surface area contributed by atoms with Gasteiger partial charge in [-0.15, -0.1) is 24.0 Å². The van der Waals surface area contributed by atoms with Crippen LogP contribution in [0.15, 0.2) is 47.5 Å². The lowest BCUT2D eigenvalue weighted by Crippen LogP contribution is -2.39. The molecule has 1 atom stereocenters. The zero-order chi connectivity index (χ0) is 20.4. The van der Waals surface area contributed by atoms with E-state index in [4.69, 9.17) is 19.2 Å². The Balaban J connectivity index is 0.00000420. The average Bonchev–Trinajstić information content (AvgIpc) is 2.75. The summed E-state index contributed by atoms with van der Waals surface area (Å²) < 4.78 is 16.2. The summed E-state index contributed by atoms with van der Waals surface area (Å²) in [6, 6.07) is 13.9. The topological polar surface area (TPSA) is 64.1 Å². The van der Waals surface area contributed by atoms with E-state index >= 15 is 0 Å². The van der Waals surface area contributed by atoms with Crippen LogP contribution in [0.3, 0.4) is 0 Å². The molecule has 0 bridgehead atoms. The van der Waals surface area contributed by atoms with E-state index in [1.165, 1.54) is 5.56 Å². The van der Waals surface area contributed by atoms with Crippen molar-refractivity contribution in [3.8, 4) is 17.2 Å². The van der Waals surface area contributed by atoms with Gasteiger partial charge in [0, 0.05) is 30.6 Å². The molecule has 0 aromatic heterocycles. The fourth-order valence-corrected chi connectivity index (χ4v) is 2.92. The van der Waals surface area contributed by atoms with E-state index in [1.54, 1.807) is 21.3 Å². The van der Waals surface area contributed by atoms with Gasteiger partial charge in [0.05, 0.1) is 27.9 Å². The van der Waals surface area contributed by atoms with Gasteiger partial charge in [-0.05, 0) is 30.7 Å². The number of benzene rings is 2. The summed E-state index contributed by atoms with van der Waals surface area (Å²) in [7, 11) is 5.00. The first-order chi connectivity index (χ1) is 13.6. The smallest absolute Gasteiger partial charge is 0.191 e. The van der Waals surface area contributed by atoms with E-state index in [2.05, 4.69) is 30.5 Å². The number of hydrogen-bond acceptors (Lipinski definition) is 4. The second-order valence-corrected chi connectivity index (χ2v) is 6.40. The number of methoxy groups -OCH3 is 3. The van der Waals surface area contributed by atoms with Gasteiger partial charge in [-0.3, -0.25) is 0 Å². The van der Waals surface area contributed by atoms with E-state index in [0.717, 1.165) is 41.9 Å². The molecule has 7 heteroatoms. The number of halogens is 1. The van der Waals surface area contributed by atoms with Gasteiger partial charge in [0.25, 0.3) is 0 Å². The molecule has 0 fully saturated rings. The summed E-state index contributed by atoms with van der Waals surface area (Å²) in [6.07, 6.45) is 0. The Kier molecular flexibility index (Phi) is 11.3. The predicted molar refractivity (Wildman–Crippen MR) is 129 cm³/mol. The molecule has 2 aromatic carbocycles. The molecule has 2 aromatic rings. The van der Waals surface area contributed by atoms with Gasteiger partial charge >= 0.3 is 0 Å². The van der Waals surface area contributed by atoms with Crippen molar-refractivity contribution in [2.45, 2.75) is 26.3 Å².